The maximum Gasteiger partial charge on any atom is 0.229 e. The van der Waals surface area contributed by atoms with Gasteiger partial charge in [-0.25, -0.2) is 13.8 Å². The van der Waals surface area contributed by atoms with E-state index in [9.17, 15) is 4.79 Å². The van der Waals surface area contributed by atoms with Crippen LogP contribution >= 0.6 is 0 Å². The van der Waals surface area contributed by atoms with Gasteiger partial charge in [-0.2, -0.15) is 9.61 Å². The fourth-order valence-electron chi connectivity index (χ4n) is 6.38. The molecule has 238 valence electrons. The number of benzene rings is 1. The summed E-state index contributed by atoms with van der Waals surface area (Å²) in [6, 6.07) is 7.42. The van der Waals surface area contributed by atoms with Crippen molar-refractivity contribution in [1.82, 2.24) is 24.5 Å². The number of aromatic nitrogens is 4. The fraction of sp³-hybridized carbons (Fsp3) is 0.438. The Morgan fingerprint density at radius 2 is 1.91 bits per heavy atom. The van der Waals surface area contributed by atoms with E-state index in [2.05, 4.69) is 32.2 Å². The monoisotopic (exact) mass is 620 g/mol. The minimum atomic E-state index is -0.721. The van der Waals surface area contributed by atoms with Gasteiger partial charge in [0.05, 0.1) is 59.3 Å². The SMILES string of the molecule is CC(=O)N(C)C1C(C)CN(c2ccncc2Nc2ncc3ccc(-c4c(F)cc(COC5CCOCC5)cc4F)nn23)CC1N. The highest BCUT2D eigenvalue weighted by atomic mass is 19.1. The highest BCUT2D eigenvalue weighted by Gasteiger charge is 2.36. The van der Waals surface area contributed by atoms with E-state index in [0.717, 1.165) is 18.5 Å². The molecular weight excluding hydrogens is 582 g/mol. The van der Waals surface area contributed by atoms with Crippen molar-refractivity contribution in [1.29, 1.82) is 0 Å². The number of hydrogen-bond acceptors (Lipinski definition) is 9. The first-order valence-electron chi connectivity index (χ1n) is 15.2. The number of pyridine rings is 1. The largest absolute Gasteiger partial charge is 0.381 e. The smallest absolute Gasteiger partial charge is 0.229 e. The number of nitrogens with two attached hydrogens (primary N) is 1. The summed E-state index contributed by atoms with van der Waals surface area (Å²) in [5.74, 6) is -0.992. The topological polar surface area (TPSA) is 123 Å². The van der Waals surface area contributed by atoms with E-state index in [-0.39, 0.29) is 47.9 Å². The van der Waals surface area contributed by atoms with Gasteiger partial charge < -0.3 is 30.3 Å². The molecule has 45 heavy (non-hydrogen) atoms. The van der Waals surface area contributed by atoms with E-state index >= 15 is 8.78 Å². The third-order valence-corrected chi connectivity index (χ3v) is 8.69. The van der Waals surface area contributed by atoms with Crippen molar-refractivity contribution >= 4 is 28.7 Å². The van der Waals surface area contributed by atoms with Gasteiger partial charge in [0.1, 0.15) is 11.6 Å². The van der Waals surface area contributed by atoms with Crippen LogP contribution in [0.4, 0.5) is 26.1 Å². The van der Waals surface area contributed by atoms with Crippen LogP contribution in [0.5, 0.6) is 0 Å². The molecule has 2 aliphatic heterocycles. The second kappa shape index (κ2) is 13.0. The van der Waals surface area contributed by atoms with Crippen molar-refractivity contribution in [2.45, 2.75) is 51.5 Å². The normalized spacial score (nSPS) is 20.8. The van der Waals surface area contributed by atoms with Gasteiger partial charge in [0.2, 0.25) is 11.9 Å². The predicted molar refractivity (Wildman–Crippen MR) is 166 cm³/mol. The average Bonchev–Trinajstić information content (AvgIpc) is 3.42. The summed E-state index contributed by atoms with van der Waals surface area (Å²) < 4.78 is 43.4. The Hall–Kier alpha value is -4.20. The van der Waals surface area contributed by atoms with Crippen molar-refractivity contribution < 1.29 is 23.0 Å². The van der Waals surface area contributed by atoms with Gasteiger partial charge in [0.25, 0.3) is 0 Å². The summed E-state index contributed by atoms with van der Waals surface area (Å²) in [4.78, 5) is 24.7. The highest BCUT2D eigenvalue weighted by Crippen LogP contribution is 2.33. The van der Waals surface area contributed by atoms with Crippen LogP contribution in [0.3, 0.4) is 0 Å². The molecule has 1 amide bonds. The maximum atomic E-state index is 15.3. The Morgan fingerprint density at radius 1 is 1.16 bits per heavy atom. The Balaban J connectivity index is 1.23. The summed E-state index contributed by atoms with van der Waals surface area (Å²) in [7, 11) is 1.79. The molecule has 0 saturated carbocycles. The zero-order chi connectivity index (χ0) is 31.7. The molecule has 2 saturated heterocycles. The quantitative estimate of drug-likeness (QED) is 0.299. The molecule has 2 fully saturated rings. The standard InChI is InChI=1S/C32H38F2N8O3/c1-19-16-41(17-26(35)31(19)40(3)20(2)43)29-6-9-36-15-28(29)38-32-37-14-22-4-5-27(39-42(22)32)30-24(33)12-21(13-25(30)34)18-45-23-7-10-44-11-8-23/h4-6,9,12-15,19,23,26,31H,7-8,10-11,16-18,35H2,1-3H3,(H,37,38). The Bertz CT molecular complexity index is 1640. The number of fused-ring (bicyclic) bond motifs is 1. The molecule has 6 rings (SSSR count). The van der Waals surface area contributed by atoms with E-state index in [0.29, 0.717) is 49.0 Å². The lowest BCUT2D eigenvalue weighted by Gasteiger charge is -2.46. The first kappa shape index (κ1) is 30.8. The van der Waals surface area contributed by atoms with Gasteiger partial charge in [-0.3, -0.25) is 9.78 Å². The first-order chi connectivity index (χ1) is 21.7. The van der Waals surface area contributed by atoms with Crippen LogP contribution in [0, 0.1) is 17.6 Å². The molecular formula is C32H38F2N8O3. The average molecular weight is 621 g/mol. The Labute approximate surface area is 260 Å². The number of anilines is 3. The zero-order valence-electron chi connectivity index (χ0n) is 25.6. The minimum Gasteiger partial charge on any atom is -0.381 e. The van der Waals surface area contributed by atoms with E-state index in [1.807, 2.05) is 6.07 Å². The number of imidazole rings is 1. The van der Waals surface area contributed by atoms with Gasteiger partial charge in [-0.1, -0.05) is 6.92 Å². The number of carbonyl (C=O) groups excluding carboxylic acids is 1. The number of nitrogens with one attached hydrogen (secondary N) is 1. The van der Waals surface area contributed by atoms with Crippen LogP contribution in [0.2, 0.25) is 0 Å². The van der Waals surface area contributed by atoms with Crippen LogP contribution in [0.1, 0.15) is 32.3 Å². The summed E-state index contributed by atoms with van der Waals surface area (Å²) in [6.45, 7) is 6.20. The molecule has 3 atom stereocenters. The van der Waals surface area contributed by atoms with Crippen LogP contribution in [0.15, 0.2) is 48.9 Å². The Morgan fingerprint density at radius 3 is 2.62 bits per heavy atom. The molecule has 0 radical (unpaired) electrons. The molecule has 4 aromatic rings. The molecule has 0 spiro atoms. The van der Waals surface area contributed by atoms with Crippen molar-refractivity contribution in [2.75, 3.05) is 43.6 Å². The molecule has 0 bridgehead atoms. The number of carbonyl (C=O) groups is 1. The molecule has 2 aliphatic rings. The maximum absolute atomic E-state index is 15.3. The number of halogens is 2. The molecule has 5 heterocycles. The molecule has 3 unspecified atom stereocenters. The van der Waals surface area contributed by atoms with E-state index in [4.69, 9.17) is 15.2 Å². The van der Waals surface area contributed by atoms with E-state index in [1.54, 1.807) is 49.6 Å². The molecule has 11 nitrogen and oxygen atoms in total. The number of hydrogen-bond donors (Lipinski definition) is 2. The third kappa shape index (κ3) is 6.46. The third-order valence-electron chi connectivity index (χ3n) is 8.69. The van der Waals surface area contributed by atoms with Gasteiger partial charge in [0.15, 0.2) is 0 Å². The molecule has 0 aliphatic carbocycles. The van der Waals surface area contributed by atoms with Crippen molar-refractivity contribution in [2.24, 2.45) is 11.7 Å². The second-order valence-electron chi connectivity index (χ2n) is 11.9. The van der Waals surface area contributed by atoms with Crippen molar-refractivity contribution in [3.63, 3.8) is 0 Å². The summed E-state index contributed by atoms with van der Waals surface area (Å²) in [6.07, 6.45) is 6.55. The highest BCUT2D eigenvalue weighted by molar-refractivity contribution is 5.75. The summed E-state index contributed by atoms with van der Waals surface area (Å²) in [5.41, 5.74) is 9.06. The molecule has 3 N–H and O–H groups in total. The molecule has 1 aromatic carbocycles. The van der Waals surface area contributed by atoms with E-state index < -0.39 is 11.6 Å². The van der Waals surface area contributed by atoms with Gasteiger partial charge in [-0.05, 0) is 54.7 Å². The van der Waals surface area contributed by atoms with Crippen LogP contribution in [0.25, 0.3) is 16.8 Å². The summed E-state index contributed by atoms with van der Waals surface area (Å²) in [5, 5.41) is 7.87. The van der Waals surface area contributed by atoms with Gasteiger partial charge >= 0.3 is 0 Å². The van der Waals surface area contributed by atoms with Gasteiger partial charge in [0, 0.05) is 52.5 Å². The van der Waals surface area contributed by atoms with Crippen LogP contribution < -0.4 is 16.0 Å². The number of amides is 1. The van der Waals surface area contributed by atoms with Crippen LogP contribution in [-0.2, 0) is 20.9 Å². The number of piperidine rings is 1. The number of rotatable bonds is 8. The lowest BCUT2D eigenvalue weighted by Crippen LogP contribution is -2.62. The number of ether oxygens (including phenoxy) is 2. The fourth-order valence-corrected chi connectivity index (χ4v) is 6.38. The number of nitrogens with zero attached hydrogens (tertiary/aromatic N) is 6. The lowest BCUT2D eigenvalue weighted by molar-refractivity contribution is -0.131. The molecule has 3 aromatic heterocycles. The first-order valence-corrected chi connectivity index (χ1v) is 15.2. The van der Waals surface area contributed by atoms with Crippen molar-refractivity contribution in [3.8, 4) is 11.3 Å². The second-order valence-corrected chi connectivity index (χ2v) is 11.9. The number of likely N-dealkylation sites (N-methyl/N-ethyl adjacent to an activating group) is 1. The van der Waals surface area contributed by atoms with Crippen molar-refractivity contribution in [3.05, 3.63) is 66.1 Å². The van der Waals surface area contributed by atoms with E-state index in [1.165, 1.54) is 16.6 Å². The molecule has 13 heteroatoms. The predicted octanol–water partition coefficient (Wildman–Crippen LogP) is 4.14. The lowest BCUT2D eigenvalue weighted by atomic mass is 9.88. The van der Waals surface area contributed by atoms with Gasteiger partial charge in [-0.15, -0.1) is 0 Å². The zero-order valence-corrected chi connectivity index (χ0v) is 25.6. The Kier molecular flexibility index (Phi) is 8.92. The minimum absolute atomic E-state index is 0.0153. The summed E-state index contributed by atoms with van der Waals surface area (Å²) >= 11 is 0. The van der Waals surface area contributed by atoms with Crippen LogP contribution in [-0.4, -0.2) is 81.9 Å².